The van der Waals surface area contributed by atoms with E-state index < -0.39 is 5.97 Å². The van der Waals surface area contributed by atoms with E-state index >= 15 is 0 Å². The van der Waals surface area contributed by atoms with E-state index in [0.29, 0.717) is 5.56 Å². The summed E-state index contributed by atoms with van der Waals surface area (Å²) in [6, 6.07) is 0. The van der Waals surface area contributed by atoms with Gasteiger partial charge >= 0.3 is 5.97 Å². The molecule has 0 saturated heterocycles. The Labute approximate surface area is 71.9 Å². The lowest BCUT2D eigenvalue weighted by atomic mass is 10.2. The predicted molar refractivity (Wildman–Crippen MR) is 44.1 cm³/mol. The number of carboxylic acid groups (broad SMARTS) is 1. The van der Waals surface area contributed by atoms with E-state index in [4.69, 9.17) is 10.6 Å². The lowest BCUT2D eigenvalue weighted by Gasteiger charge is -1.91. The number of hydrogen-bond acceptors (Lipinski definition) is 3. The van der Waals surface area contributed by atoms with Crippen molar-refractivity contribution in [3.63, 3.8) is 0 Å². The first-order chi connectivity index (χ1) is 5.75. The average Bonchev–Trinajstić information content (AvgIpc) is 2.48. The smallest absolute Gasteiger partial charge is 0.336 e. The van der Waals surface area contributed by atoms with E-state index in [1.165, 1.54) is 16.7 Å². The van der Waals surface area contributed by atoms with E-state index in [1.54, 1.807) is 5.38 Å². The molecule has 0 bridgehead atoms. The van der Waals surface area contributed by atoms with Crippen LogP contribution in [0.15, 0.2) is 15.9 Å². The van der Waals surface area contributed by atoms with Crippen LogP contribution in [-0.4, -0.2) is 11.1 Å². The number of nitrogens with zero attached hydrogens (tertiary/aromatic N) is 3. The molecule has 1 aromatic rings. The van der Waals surface area contributed by atoms with Crippen LogP contribution in [0.2, 0.25) is 0 Å². The zero-order valence-corrected chi connectivity index (χ0v) is 6.78. The van der Waals surface area contributed by atoms with Crippen molar-refractivity contribution in [2.45, 2.75) is 6.54 Å². The van der Waals surface area contributed by atoms with Gasteiger partial charge in [0.15, 0.2) is 0 Å². The molecule has 1 rings (SSSR count). The first-order valence-electron chi connectivity index (χ1n) is 3.05. The fraction of sp³-hybridized carbons (Fsp3) is 0.167. The number of azide groups is 1. The van der Waals surface area contributed by atoms with Crippen molar-refractivity contribution in [3.8, 4) is 0 Å². The highest BCUT2D eigenvalue weighted by Crippen LogP contribution is 2.15. The molecule has 1 aromatic heterocycles. The van der Waals surface area contributed by atoms with E-state index in [9.17, 15) is 4.79 Å². The molecule has 0 atom stereocenters. The van der Waals surface area contributed by atoms with Crippen LogP contribution in [-0.2, 0) is 6.54 Å². The van der Waals surface area contributed by atoms with Gasteiger partial charge in [-0.05, 0) is 16.5 Å². The largest absolute Gasteiger partial charge is 0.478 e. The molecular formula is C6H5N3O2S. The Balaban J connectivity index is 2.91. The fourth-order valence-corrected chi connectivity index (χ4v) is 1.56. The van der Waals surface area contributed by atoms with Crippen LogP contribution in [0.25, 0.3) is 10.4 Å². The number of rotatable bonds is 3. The van der Waals surface area contributed by atoms with Crippen molar-refractivity contribution < 1.29 is 9.90 Å². The molecule has 0 aliphatic rings. The molecule has 0 amide bonds. The van der Waals surface area contributed by atoms with Gasteiger partial charge in [-0.15, -0.1) is 0 Å². The molecule has 1 heterocycles. The third-order valence-electron chi connectivity index (χ3n) is 1.28. The van der Waals surface area contributed by atoms with Crippen molar-refractivity contribution >= 4 is 17.3 Å². The van der Waals surface area contributed by atoms with Gasteiger partial charge in [0, 0.05) is 10.3 Å². The van der Waals surface area contributed by atoms with Crippen LogP contribution >= 0.6 is 11.3 Å². The number of thiophene rings is 1. The number of carboxylic acids is 1. The summed E-state index contributed by atoms with van der Waals surface area (Å²) in [7, 11) is 0. The van der Waals surface area contributed by atoms with Gasteiger partial charge in [-0.1, -0.05) is 5.11 Å². The van der Waals surface area contributed by atoms with Crippen LogP contribution in [0, 0.1) is 0 Å². The molecule has 0 unspecified atom stereocenters. The first kappa shape index (κ1) is 8.58. The van der Waals surface area contributed by atoms with Crippen molar-refractivity contribution in [2.75, 3.05) is 0 Å². The van der Waals surface area contributed by atoms with Gasteiger partial charge in [0.05, 0.1) is 12.1 Å². The summed E-state index contributed by atoms with van der Waals surface area (Å²) in [5.74, 6) is -0.987. The molecule has 0 radical (unpaired) electrons. The van der Waals surface area contributed by atoms with Crippen molar-refractivity contribution in [1.82, 2.24) is 0 Å². The summed E-state index contributed by atoms with van der Waals surface area (Å²) in [6.45, 7) is 0.0988. The van der Waals surface area contributed by atoms with Gasteiger partial charge in [0.1, 0.15) is 0 Å². The molecule has 0 saturated carbocycles. The monoisotopic (exact) mass is 183 g/mol. The second-order valence-electron chi connectivity index (χ2n) is 2.00. The maximum absolute atomic E-state index is 10.5. The Morgan fingerprint density at radius 2 is 2.50 bits per heavy atom. The molecule has 0 aliphatic carbocycles. The SMILES string of the molecule is [N-]=[N+]=NCc1cscc1C(=O)O. The highest BCUT2D eigenvalue weighted by atomic mass is 32.1. The maximum atomic E-state index is 10.5. The van der Waals surface area contributed by atoms with Crippen molar-refractivity contribution in [1.29, 1.82) is 0 Å². The van der Waals surface area contributed by atoms with Crippen molar-refractivity contribution in [2.24, 2.45) is 5.11 Å². The Hall–Kier alpha value is -1.52. The third-order valence-corrected chi connectivity index (χ3v) is 2.07. The number of aromatic carboxylic acids is 1. The molecule has 1 N–H and O–H groups in total. The minimum absolute atomic E-state index is 0.0988. The zero-order valence-electron chi connectivity index (χ0n) is 5.97. The van der Waals surface area contributed by atoms with Crippen molar-refractivity contribution in [3.05, 3.63) is 32.3 Å². The van der Waals surface area contributed by atoms with Gasteiger partial charge in [0.2, 0.25) is 0 Å². The summed E-state index contributed by atoms with van der Waals surface area (Å²) >= 11 is 1.28. The van der Waals surface area contributed by atoms with Crippen LogP contribution in [0.4, 0.5) is 0 Å². The molecular weight excluding hydrogens is 178 g/mol. The highest BCUT2D eigenvalue weighted by molar-refractivity contribution is 7.08. The molecule has 12 heavy (non-hydrogen) atoms. The standard InChI is InChI=1S/C6H5N3O2S/c7-9-8-1-4-2-12-3-5(4)6(10)11/h2-3H,1H2,(H,10,11). The first-order valence-corrected chi connectivity index (χ1v) is 3.99. The van der Waals surface area contributed by atoms with Crippen LogP contribution in [0.3, 0.4) is 0 Å². The number of carbonyl (C=O) groups is 1. The Morgan fingerprint density at radius 1 is 1.75 bits per heavy atom. The molecule has 0 fully saturated rings. The summed E-state index contributed by atoms with van der Waals surface area (Å²) < 4.78 is 0. The normalized spacial score (nSPS) is 9.00. The van der Waals surface area contributed by atoms with Gasteiger partial charge < -0.3 is 5.11 Å². The van der Waals surface area contributed by atoms with Gasteiger partial charge in [-0.25, -0.2) is 4.79 Å². The molecule has 5 nitrogen and oxygen atoms in total. The summed E-state index contributed by atoms with van der Waals surface area (Å²) in [4.78, 5) is 13.1. The van der Waals surface area contributed by atoms with E-state index in [-0.39, 0.29) is 12.1 Å². The highest BCUT2D eigenvalue weighted by Gasteiger charge is 2.09. The summed E-state index contributed by atoms with van der Waals surface area (Å²) in [5, 5.41) is 15.1. The molecule has 0 aliphatic heterocycles. The van der Waals surface area contributed by atoms with Gasteiger partial charge in [-0.3, -0.25) is 0 Å². The quantitative estimate of drug-likeness (QED) is 0.442. The van der Waals surface area contributed by atoms with Crippen LogP contribution < -0.4 is 0 Å². The van der Waals surface area contributed by atoms with Crippen LogP contribution in [0.1, 0.15) is 15.9 Å². The lowest BCUT2D eigenvalue weighted by Crippen LogP contribution is -1.97. The maximum Gasteiger partial charge on any atom is 0.336 e. The summed E-state index contributed by atoms with van der Waals surface area (Å²) in [5.41, 5.74) is 8.78. The van der Waals surface area contributed by atoms with Gasteiger partial charge in [0.25, 0.3) is 0 Å². The van der Waals surface area contributed by atoms with E-state index in [0.717, 1.165) is 0 Å². The summed E-state index contributed by atoms with van der Waals surface area (Å²) in [6.07, 6.45) is 0. The van der Waals surface area contributed by atoms with E-state index in [1.807, 2.05) is 0 Å². The minimum Gasteiger partial charge on any atom is -0.478 e. The van der Waals surface area contributed by atoms with Gasteiger partial charge in [-0.2, -0.15) is 11.3 Å². The predicted octanol–water partition coefficient (Wildman–Crippen LogP) is 2.26. The Morgan fingerprint density at radius 3 is 3.08 bits per heavy atom. The number of hydrogen-bond donors (Lipinski definition) is 1. The molecule has 62 valence electrons. The lowest BCUT2D eigenvalue weighted by molar-refractivity contribution is 0.0696. The van der Waals surface area contributed by atoms with E-state index in [2.05, 4.69) is 10.0 Å². The average molecular weight is 183 g/mol. The minimum atomic E-state index is -0.987. The third kappa shape index (κ3) is 1.75. The topological polar surface area (TPSA) is 86.1 Å². The molecule has 6 heteroatoms. The second kappa shape index (κ2) is 3.75. The zero-order chi connectivity index (χ0) is 8.97. The Bertz CT molecular complexity index is 340. The molecule has 0 spiro atoms. The molecule has 0 aromatic carbocycles. The Kier molecular flexibility index (Phi) is 2.68. The van der Waals surface area contributed by atoms with Crippen LogP contribution in [0.5, 0.6) is 0 Å². The fourth-order valence-electron chi connectivity index (χ4n) is 0.741. The second-order valence-corrected chi connectivity index (χ2v) is 2.75.